The van der Waals surface area contributed by atoms with Crippen molar-refractivity contribution in [2.24, 2.45) is 5.73 Å². The molecule has 3 aromatic rings. The number of carbonyl (C=O) groups excluding carboxylic acids is 1. The van der Waals surface area contributed by atoms with Gasteiger partial charge in [0.15, 0.2) is 0 Å². The lowest BCUT2D eigenvalue weighted by Crippen LogP contribution is -2.14. The zero-order valence-electron chi connectivity index (χ0n) is 15.0. The van der Waals surface area contributed by atoms with Crippen molar-refractivity contribution in [3.63, 3.8) is 0 Å². The third-order valence-corrected chi connectivity index (χ3v) is 4.91. The normalized spacial score (nSPS) is 10.8. The van der Waals surface area contributed by atoms with Crippen LogP contribution in [-0.4, -0.2) is 10.5 Å². The Bertz CT molecular complexity index is 907. The third-order valence-electron chi connectivity index (χ3n) is 4.91. The minimum Gasteiger partial charge on any atom is -0.366 e. The molecule has 0 atom stereocenters. The van der Waals surface area contributed by atoms with Gasteiger partial charge < -0.3 is 10.3 Å². The fraction of sp³-hybridized carbons (Fsp3) is 0.227. The van der Waals surface area contributed by atoms with Gasteiger partial charge in [0.25, 0.3) is 5.91 Å². The first-order valence-corrected chi connectivity index (χ1v) is 8.60. The van der Waals surface area contributed by atoms with E-state index in [9.17, 15) is 4.79 Å². The zero-order chi connectivity index (χ0) is 18.0. The van der Waals surface area contributed by atoms with E-state index >= 15 is 0 Å². The summed E-state index contributed by atoms with van der Waals surface area (Å²) in [6.07, 6.45) is 0.919. The van der Waals surface area contributed by atoms with Gasteiger partial charge in [-0.15, -0.1) is 0 Å². The van der Waals surface area contributed by atoms with Crippen molar-refractivity contribution in [1.82, 2.24) is 4.57 Å². The van der Waals surface area contributed by atoms with Gasteiger partial charge in [0.1, 0.15) is 0 Å². The molecule has 1 amide bonds. The minimum atomic E-state index is -0.364. The van der Waals surface area contributed by atoms with Crippen LogP contribution in [0.25, 0.3) is 11.1 Å². The van der Waals surface area contributed by atoms with Crippen LogP contribution < -0.4 is 5.73 Å². The monoisotopic (exact) mass is 332 g/mol. The predicted molar refractivity (Wildman–Crippen MR) is 103 cm³/mol. The van der Waals surface area contributed by atoms with Crippen LogP contribution in [0.2, 0.25) is 0 Å². The summed E-state index contributed by atoms with van der Waals surface area (Å²) in [6.45, 7) is 6.95. The lowest BCUT2D eigenvalue weighted by Gasteiger charge is -2.11. The average Bonchev–Trinajstić information content (AvgIpc) is 2.85. The minimum absolute atomic E-state index is 0.364. The Morgan fingerprint density at radius 3 is 2.20 bits per heavy atom. The molecule has 3 heteroatoms. The Labute approximate surface area is 149 Å². The Kier molecular flexibility index (Phi) is 4.75. The van der Waals surface area contributed by atoms with Crippen LogP contribution >= 0.6 is 0 Å². The van der Waals surface area contributed by atoms with Gasteiger partial charge in [-0.3, -0.25) is 4.79 Å². The topological polar surface area (TPSA) is 48.0 Å². The molecular weight excluding hydrogens is 308 g/mol. The lowest BCUT2D eigenvalue weighted by atomic mass is 9.96. The highest BCUT2D eigenvalue weighted by atomic mass is 16.1. The molecule has 0 aliphatic carbocycles. The second kappa shape index (κ2) is 6.98. The van der Waals surface area contributed by atoms with E-state index in [1.807, 2.05) is 25.1 Å². The van der Waals surface area contributed by atoms with E-state index in [4.69, 9.17) is 5.73 Å². The van der Waals surface area contributed by atoms with Gasteiger partial charge in [-0.2, -0.15) is 0 Å². The SMILES string of the molecule is Cc1ccccc1-c1c(C(N)=O)c(C)n(CCc2ccccc2)c1C. The van der Waals surface area contributed by atoms with Crippen molar-refractivity contribution in [2.45, 2.75) is 33.7 Å². The zero-order valence-corrected chi connectivity index (χ0v) is 15.0. The summed E-state index contributed by atoms with van der Waals surface area (Å²) < 4.78 is 2.22. The van der Waals surface area contributed by atoms with Crippen molar-refractivity contribution in [3.05, 3.63) is 82.7 Å². The molecule has 2 N–H and O–H groups in total. The first-order valence-electron chi connectivity index (χ1n) is 8.60. The van der Waals surface area contributed by atoms with E-state index in [1.54, 1.807) is 0 Å². The maximum Gasteiger partial charge on any atom is 0.251 e. The van der Waals surface area contributed by atoms with Gasteiger partial charge in [0.05, 0.1) is 5.56 Å². The quantitative estimate of drug-likeness (QED) is 0.738. The van der Waals surface area contributed by atoms with Crippen molar-refractivity contribution in [2.75, 3.05) is 0 Å². The van der Waals surface area contributed by atoms with Gasteiger partial charge >= 0.3 is 0 Å². The summed E-state index contributed by atoms with van der Waals surface area (Å²) in [5, 5.41) is 0. The summed E-state index contributed by atoms with van der Waals surface area (Å²) in [5.41, 5.74) is 12.9. The molecule has 2 aromatic carbocycles. The number of carbonyl (C=O) groups is 1. The molecule has 0 unspecified atom stereocenters. The van der Waals surface area contributed by atoms with Crippen LogP contribution in [0.4, 0.5) is 0 Å². The van der Waals surface area contributed by atoms with E-state index in [1.165, 1.54) is 5.56 Å². The fourth-order valence-electron chi connectivity index (χ4n) is 3.59. The highest BCUT2D eigenvalue weighted by Crippen LogP contribution is 2.34. The number of rotatable bonds is 5. The number of aromatic nitrogens is 1. The summed E-state index contributed by atoms with van der Waals surface area (Å²) in [7, 11) is 0. The molecule has 0 spiro atoms. The van der Waals surface area contributed by atoms with E-state index in [-0.39, 0.29) is 5.91 Å². The van der Waals surface area contributed by atoms with Crippen molar-refractivity contribution in [3.8, 4) is 11.1 Å². The molecule has 0 aliphatic heterocycles. The van der Waals surface area contributed by atoms with Crippen LogP contribution in [0.3, 0.4) is 0 Å². The molecular formula is C22H24N2O. The molecule has 3 rings (SSSR count). The maximum absolute atomic E-state index is 12.2. The number of benzene rings is 2. The molecule has 1 aromatic heterocycles. The second-order valence-corrected chi connectivity index (χ2v) is 6.49. The standard InChI is InChI=1S/C22H24N2O/c1-15-9-7-8-12-19(15)20-16(2)24(17(3)21(20)22(23)25)14-13-18-10-5-4-6-11-18/h4-12H,13-14H2,1-3H3,(H2,23,25). The van der Waals surface area contributed by atoms with Crippen LogP contribution in [0.15, 0.2) is 54.6 Å². The Balaban J connectivity index is 2.07. The molecule has 25 heavy (non-hydrogen) atoms. The molecule has 0 aliphatic rings. The van der Waals surface area contributed by atoms with E-state index in [0.717, 1.165) is 41.0 Å². The van der Waals surface area contributed by atoms with E-state index in [0.29, 0.717) is 5.56 Å². The van der Waals surface area contributed by atoms with Crippen LogP contribution in [0.5, 0.6) is 0 Å². The number of hydrogen-bond donors (Lipinski definition) is 1. The number of primary amides is 1. The van der Waals surface area contributed by atoms with E-state index < -0.39 is 0 Å². The molecule has 0 radical (unpaired) electrons. The Hall–Kier alpha value is -2.81. The molecule has 3 nitrogen and oxygen atoms in total. The Morgan fingerprint density at radius 2 is 1.56 bits per heavy atom. The van der Waals surface area contributed by atoms with Crippen molar-refractivity contribution in [1.29, 1.82) is 0 Å². The van der Waals surface area contributed by atoms with Gasteiger partial charge in [0, 0.05) is 23.5 Å². The molecule has 0 fully saturated rings. The van der Waals surface area contributed by atoms with Crippen LogP contribution in [0, 0.1) is 20.8 Å². The van der Waals surface area contributed by atoms with Gasteiger partial charge in [0.2, 0.25) is 0 Å². The summed E-state index contributed by atoms with van der Waals surface area (Å²) in [6, 6.07) is 18.5. The van der Waals surface area contributed by atoms with Gasteiger partial charge in [-0.1, -0.05) is 54.6 Å². The maximum atomic E-state index is 12.2. The number of aryl methyl sites for hydroxylation is 2. The van der Waals surface area contributed by atoms with Crippen molar-refractivity contribution >= 4 is 5.91 Å². The van der Waals surface area contributed by atoms with Gasteiger partial charge in [-0.25, -0.2) is 0 Å². The van der Waals surface area contributed by atoms with Crippen molar-refractivity contribution < 1.29 is 4.79 Å². The summed E-state index contributed by atoms with van der Waals surface area (Å²) in [5.74, 6) is -0.364. The molecule has 0 saturated carbocycles. The molecule has 128 valence electrons. The number of nitrogens with two attached hydrogens (primary N) is 1. The van der Waals surface area contributed by atoms with E-state index in [2.05, 4.69) is 54.8 Å². The first-order chi connectivity index (χ1) is 12.0. The highest BCUT2D eigenvalue weighted by molar-refractivity contribution is 6.02. The molecule has 0 bridgehead atoms. The molecule has 0 saturated heterocycles. The van der Waals surface area contributed by atoms with Crippen LogP contribution in [0.1, 0.15) is 32.9 Å². The third kappa shape index (κ3) is 3.22. The predicted octanol–water partition coefficient (Wildman–Crippen LogP) is 4.42. The Morgan fingerprint density at radius 1 is 0.920 bits per heavy atom. The first kappa shape index (κ1) is 17.0. The smallest absolute Gasteiger partial charge is 0.251 e. The van der Waals surface area contributed by atoms with Crippen LogP contribution in [-0.2, 0) is 13.0 Å². The second-order valence-electron chi connectivity index (χ2n) is 6.49. The number of amides is 1. The van der Waals surface area contributed by atoms with Gasteiger partial charge in [-0.05, 0) is 43.9 Å². The summed E-state index contributed by atoms with van der Waals surface area (Å²) >= 11 is 0. The fourth-order valence-corrected chi connectivity index (χ4v) is 3.59. The average molecular weight is 332 g/mol. The largest absolute Gasteiger partial charge is 0.366 e. The summed E-state index contributed by atoms with van der Waals surface area (Å²) in [4.78, 5) is 12.2. The number of hydrogen-bond acceptors (Lipinski definition) is 1. The number of nitrogens with zero attached hydrogens (tertiary/aromatic N) is 1. The molecule has 1 heterocycles. The lowest BCUT2D eigenvalue weighted by molar-refractivity contribution is 0.1000. The highest BCUT2D eigenvalue weighted by Gasteiger charge is 2.23.